The third kappa shape index (κ3) is 1.63. The Morgan fingerprint density at radius 3 is 2.62 bits per heavy atom. The van der Waals surface area contributed by atoms with Crippen molar-refractivity contribution in [3.63, 3.8) is 0 Å². The number of esters is 1. The number of carbonyl (C=O) groups excluding carboxylic acids is 1. The second kappa shape index (κ2) is 4.31. The summed E-state index contributed by atoms with van der Waals surface area (Å²) in [4.78, 5) is 13.8. The van der Waals surface area contributed by atoms with E-state index in [9.17, 15) is 9.90 Å². The van der Waals surface area contributed by atoms with Crippen LogP contribution in [0.4, 0.5) is 0 Å². The van der Waals surface area contributed by atoms with E-state index in [0.717, 1.165) is 6.42 Å². The van der Waals surface area contributed by atoms with E-state index in [1.807, 2.05) is 7.05 Å². The van der Waals surface area contributed by atoms with Crippen molar-refractivity contribution >= 4 is 5.97 Å². The normalized spacial score (nSPS) is 43.4. The summed E-state index contributed by atoms with van der Waals surface area (Å²) in [7, 11) is 4.99. The highest BCUT2D eigenvalue weighted by Crippen LogP contribution is 2.40. The van der Waals surface area contributed by atoms with Gasteiger partial charge >= 0.3 is 5.97 Å². The van der Waals surface area contributed by atoms with Crippen molar-refractivity contribution in [1.29, 1.82) is 0 Å². The van der Waals surface area contributed by atoms with Gasteiger partial charge in [-0.3, -0.25) is 9.69 Å². The highest BCUT2D eigenvalue weighted by molar-refractivity contribution is 5.74. The van der Waals surface area contributed by atoms with Gasteiger partial charge in [-0.1, -0.05) is 0 Å². The fourth-order valence-electron chi connectivity index (χ4n) is 3.15. The standard InChI is InChI=1S/C11H19NO4/c1-12-6-4-7(13)9(11(14)16-3)10(12)8(5-6)15-2/h6-10,13H,4-5H2,1-3H3/t6-,7+,8-,9+,10-/m0/s1. The molecule has 5 heteroatoms. The molecule has 0 saturated carbocycles. The van der Waals surface area contributed by atoms with Crippen LogP contribution in [-0.2, 0) is 14.3 Å². The van der Waals surface area contributed by atoms with Gasteiger partial charge in [-0.15, -0.1) is 0 Å². The second-order valence-electron chi connectivity index (χ2n) is 4.67. The van der Waals surface area contributed by atoms with Gasteiger partial charge in [-0.25, -0.2) is 0 Å². The first-order valence-corrected chi connectivity index (χ1v) is 5.60. The van der Waals surface area contributed by atoms with Crippen LogP contribution in [0.2, 0.25) is 0 Å². The number of likely N-dealkylation sites (N-methyl/N-ethyl adjacent to an activating group) is 1. The average Bonchev–Trinajstić information content (AvgIpc) is 2.48. The number of aliphatic hydroxyl groups is 1. The summed E-state index contributed by atoms with van der Waals surface area (Å²) in [6, 6.07) is 0.247. The summed E-state index contributed by atoms with van der Waals surface area (Å²) < 4.78 is 10.2. The van der Waals surface area contributed by atoms with Crippen LogP contribution in [0, 0.1) is 5.92 Å². The van der Waals surface area contributed by atoms with Crippen LogP contribution in [0.25, 0.3) is 0 Å². The zero-order valence-corrected chi connectivity index (χ0v) is 9.92. The minimum atomic E-state index is -0.612. The molecular formula is C11H19NO4. The molecule has 2 rings (SSSR count). The second-order valence-corrected chi connectivity index (χ2v) is 4.67. The molecule has 5 nitrogen and oxygen atoms in total. The van der Waals surface area contributed by atoms with Crippen molar-refractivity contribution < 1.29 is 19.4 Å². The van der Waals surface area contributed by atoms with Crippen molar-refractivity contribution in [2.24, 2.45) is 5.92 Å². The number of nitrogens with zero attached hydrogens (tertiary/aromatic N) is 1. The number of carbonyl (C=O) groups is 1. The molecule has 16 heavy (non-hydrogen) atoms. The Morgan fingerprint density at radius 1 is 1.38 bits per heavy atom. The molecule has 2 heterocycles. The molecule has 2 bridgehead atoms. The highest BCUT2D eigenvalue weighted by Gasteiger charge is 2.53. The smallest absolute Gasteiger partial charge is 0.313 e. The van der Waals surface area contributed by atoms with Crippen LogP contribution >= 0.6 is 0 Å². The molecule has 1 N–H and O–H groups in total. The Kier molecular flexibility index (Phi) is 3.19. The third-order valence-electron chi connectivity index (χ3n) is 4.00. The predicted octanol–water partition coefficient (Wildman–Crippen LogP) is -0.372. The Hall–Kier alpha value is -0.650. The Balaban J connectivity index is 2.25. The van der Waals surface area contributed by atoms with Crippen LogP contribution in [0.5, 0.6) is 0 Å². The summed E-state index contributed by atoms with van der Waals surface area (Å²) in [5.41, 5.74) is 0. The lowest BCUT2D eigenvalue weighted by Gasteiger charge is -2.39. The van der Waals surface area contributed by atoms with Gasteiger partial charge in [0.2, 0.25) is 0 Å². The number of piperidine rings is 1. The minimum absolute atomic E-state index is 0.0104. The van der Waals surface area contributed by atoms with E-state index in [4.69, 9.17) is 9.47 Å². The molecule has 2 fully saturated rings. The highest BCUT2D eigenvalue weighted by atomic mass is 16.5. The number of aliphatic hydroxyl groups excluding tert-OH is 1. The molecule has 0 radical (unpaired) electrons. The number of ether oxygens (including phenoxy) is 2. The quantitative estimate of drug-likeness (QED) is 0.655. The fraction of sp³-hybridized carbons (Fsp3) is 0.909. The molecular weight excluding hydrogens is 210 g/mol. The lowest BCUT2D eigenvalue weighted by Crippen LogP contribution is -2.54. The summed E-state index contributed by atoms with van der Waals surface area (Å²) >= 11 is 0. The molecule has 0 aliphatic carbocycles. The fourth-order valence-corrected chi connectivity index (χ4v) is 3.15. The molecule has 0 unspecified atom stereocenters. The van der Waals surface area contributed by atoms with Crippen molar-refractivity contribution in [1.82, 2.24) is 4.90 Å². The van der Waals surface area contributed by atoms with Gasteiger partial charge in [-0.2, -0.15) is 0 Å². The topological polar surface area (TPSA) is 59.0 Å². The number of hydrogen-bond acceptors (Lipinski definition) is 5. The van der Waals surface area contributed by atoms with Gasteiger partial charge in [-0.05, 0) is 19.9 Å². The number of methoxy groups -OCH3 is 2. The van der Waals surface area contributed by atoms with E-state index in [0.29, 0.717) is 12.5 Å². The maximum Gasteiger partial charge on any atom is 0.313 e. The molecule has 0 amide bonds. The van der Waals surface area contributed by atoms with Gasteiger partial charge in [0.15, 0.2) is 0 Å². The molecule has 0 aromatic rings. The van der Waals surface area contributed by atoms with Crippen LogP contribution in [-0.4, -0.2) is 61.5 Å². The van der Waals surface area contributed by atoms with Gasteiger partial charge in [0, 0.05) is 13.2 Å². The van der Waals surface area contributed by atoms with Crippen LogP contribution in [0.15, 0.2) is 0 Å². The van der Waals surface area contributed by atoms with E-state index in [-0.39, 0.29) is 18.1 Å². The van der Waals surface area contributed by atoms with E-state index >= 15 is 0 Å². The first-order chi connectivity index (χ1) is 7.60. The lowest BCUT2D eigenvalue weighted by molar-refractivity contribution is -0.158. The molecule has 0 aromatic carbocycles. The largest absolute Gasteiger partial charge is 0.469 e. The SMILES string of the molecule is COC(=O)[C@H]1[C@@H]2[C@@H](OC)C[C@H](C[C@H]1O)N2C. The summed E-state index contributed by atoms with van der Waals surface area (Å²) in [5, 5.41) is 10.00. The summed E-state index contributed by atoms with van der Waals surface area (Å²) in [6.07, 6.45) is 0.893. The lowest BCUT2D eigenvalue weighted by atomic mass is 9.87. The first kappa shape index (κ1) is 11.8. The van der Waals surface area contributed by atoms with Gasteiger partial charge in [0.05, 0.1) is 25.4 Å². The van der Waals surface area contributed by atoms with Crippen molar-refractivity contribution in [2.45, 2.75) is 37.1 Å². The zero-order valence-electron chi connectivity index (χ0n) is 9.92. The number of rotatable bonds is 2. The molecule has 0 aromatic heterocycles. The third-order valence-corrected chi connectivity index (χ3v) is 4.00. The van der Waals surface area contributed by atoms with Gasteiger partial charge < -0.3 is 14.6 Å². The zero-order chi connectivity index (χ0) is 11.9. The van der Waals surface area contributed by atoms with Crippen LogP contribution < -0.4 is 0 Å². The van der Waals surface area contributed by atoms with Crippen LogP contribution in [0.1, 0.15) is 12.8 Å². The van der Waals surface area contributed by atoms with Crippen LogP contribution in [0.3, 0.4) is 0 Å². The first-order valence-electron chi connectivity index (χ1n) is 5.60. The molecule has 5 atom stereocenters. The molecule has 92 valence electrons. The maximum atomic E-state index is 11.7. The summed E-state index contributed by atoms with van der Waals surface area (Å²) in [6.45, 7) is 0. The van der Waals surface area contributed by atoms with Gasteiger partial charge in [0.1, 0.15) is 5.92 Å². The Bertz CT molecular complexity index is 283. The molecule has 0 spiro atoms. The number of fused-ring (bicyclic) bond motifs is 2. The predicted molar refractivity (Wildman–Crippen MR) is 56.9 cm³/mol. The van der Waals surface area contributed by atoms with E-state index in [1.54, 1.807) is 7.11 Å². The van der Waals surface area contributed by atoms with Crippen molar-refractivity contribution in [3.05, 3.63) is 0 Å². The minimum Gasteiger partial charge on any atom is -0.469 e. The van der Waals surface area contributed by atoms with Crippen molar-refractivity contribution in [3.8, 4) is 0 Å². The Morgan fingerprint density at radius 2 is 2.06 bits per heavy atom. The monoisotopic (exact) mass is 229 g/mol. The van der Waals surface area contributed by atoms with E-state index in [2.05, 4.69) is 4.90 Å². The van der Waals surface area contributed by atoms with E-state index in [1.165, 1.54) is 7.11 Å². The molecule has 2 aliphatic rings. The van der Waals surface area contributed by atoms with E-state index < -0.39 is 12.0 Å². The van der Waals surface area contributed by atoms with Crippen molar-refractivity contribution in [2.75, 3.05) is 21.3 Å². The maximum absolute atomic E-state index is 11.7. The average molecular weight is 229 g/mol. The number of hydrogen-bond donors (Lipinski definition) is 1. The van der Waals surface area contributed by atoms with Gasteiger partial charge in [0.25, 0.3) is 0 Å². The summed E-state index contributed by atoms with van der Waals surface area (Å²) in [5.74, 6) is -0.828. The Labute approximate surface area is 95.3 Å². The molecule has 2 aliphatic heterocycles. The molecule has 2 saturated heterocycles.